The first-order valence-electron chi connectivity index (χ1n) is 10.2. The third kappa shape index (κ3) is 4.47. The van der Waals surface area contributed by atoms with E-state index in [9.17, 15) is 15.3 Å². The number of rotatable bonds is 5. The summed E-state index contributed by atoms with van der Waals surface area (Å²) in [5, 5.41) is 22.1. The lowest BCUT2D eigenvalue weighted by molar-refractivity contribution is 0.0931. The maximum Gasteiger partial charge on any atom is 0.253 e. The summed E-state index contributed by atoms with van der Waals surface area (Å²) >= 11 is 6.44. The van der Waals surface area contributed by atoms with Gasteiger partial charge >= 0.3 is 0 Å². The number of aromatic nitrogens is 2. The van der Waals surface area contributed by atoms with Crippen LogP contribution in [-0.4, -0.2) is 38.9 Å². The van der Waals surface area contributed by atoms with Gasteiger partial charge in [-0.1, -0.05) is 24.6 Å². The standard InChI is InChI=1S/C23H25ClN6O/c1-5-16-9-19(14(2)30(16)13-26)29-22(31)17-7-6-15(8-18(17)24)20-10-27-11-21(28-20)23(3,4)12-25/h6-8,10-11,14,16,19H,5,9H2,1-4H3,(H,29,31)/t14-,16+,19-/m1/s1. The molecule has 1 aromatic carbocycles. The Balaban J connectivity index is 1.81. The van der Waals surface area contributed by atoms with Crippen LogP contribution in [0.5, 0.6) is 0 Å². The predicted molar refractivity (Wildman–Crippen MR) is 118 cm³/mol. The van der Waals surface area contributed by atoms with Gasteiger partial charge in [0.2, 0.25) is 0 Å². The topological polar surface area (TPSA) is 106 Å². The summed E-state index contributed by atoms with van der Waals surface area (Å²) in [5.74, 6) is -0.270. The van der Waals surface area contributed by atoms with Crippen LogP contribution in [0.1, 0.15) is 56.6 Å². The number of benzene rings is 1. The fourth-order valence-corrected chi connectivity index (χ4v) is 4.08. The smallest absolute Gasteiger partial charge is 0.253 e. The zero-order valence-electron chi connectivity index (χ0n) is 18.1. The summed E-state index contributed by atoms with van der Waals surface area (Å²) in [6, 6.07) is 7.27. The van der Waals surface area contributed by atoms with Crippen LogP contribution >= 0.6 is 11.6 Å². The van der Waals surface area contributed by atoms with Crippen molar-refractivity contribution >= 4 is 17.5 Å². The van der Waals surface area contributed by atoms with Gasteiger partial charge in [0.1, 0.15) is 0 Å². The molecule has 1 aromatic heterocycles. The Morgan fingerprint density at radius 2 is 2.10 bits per heavy atom. The molecule has 1 aliphatic rings. The normalized spacial score (nSPS) is 20.7. The fourth-order valence-electron chi connectivity index (χ4n) is 3.81. The molecule has 160 valence electrons. The number of nitriles is 2. The van der Waals surface area contributed by atoms with Crippen LogP contribution in [0.2, 0.25) is 5.02 Å². The number of hydrogen-bond acceptors (Lipinski definition) is 6. The van der Waals surface area contributed by atoms with E-state index in [4.69, 9.17) is 11.6 Å². The number of carbonyl (C=O) groups excluding carboxylic acids is 1. The average molecular weight is 437 g/mol. The van der Waals surface area contributed by atoms with Crippen LogP contribution in [0, 0.1) is 22.8 Å². The van der Waals surface area contributed by atoms with Gasteiger partial charge in [0.25, 0.3) is 5.91 Å². The summed E-state index contributed by atoms with van der Waals surface area (Å²) in [7, 11) is 0. The second kappa shape index (κ2) is 8.91. The number of amides is 1. The SMILES string of the molecule is CC[C@H]1C[C@@H](NC(=O)c2ccc(-c3cncc(C(C)(C)C#N)n3)cc2Cl)[C@@H](C)N1C#N. The van der Waals surface area contributed by atoms with Crippen LogP contribution < -0.4 is 5.32 Å². The molecule has 0 radical (unpaired) electrons. The van der Waals surface area contributed by atoms with Gasteiger partial charge in [0, 0.05) is 11.6 Å². The van der Waals surface area contributed by atoms with Crippen LogP contribution in [0.25, 0.3) is 11.3 Å². The minimum absolute atomic E-state index is 0.0709. The van der Waals surface area contributed by atoms with Crippen LogP contribution in [0.4, 0.5) is 0 Å². The maximum atomic E-state index is 12.9. The quantitative estimate of drug-likeness (QED) is 0.708. The molecule has 3 rings (SSSR count). The van der Waals surface area contributed by atoms with E-state index in [0.717, 1.165) is 12.8 Å². The number of nitrogens with one attached hydrogen (secondary N) is 1. The lowest BCUT2D eigenvalue weighted by atomic mass is 9.91. The molecule has 1 saturated heterocycles. The molecule has 0 spiro atoms. The van der Waals surface area contributed by atoms with E-state index in [1.54, 1.807) is 49.3 Å². The summed E-state index contributed by atoms with van der Waals surface area (Å²) in [6.07, 6.45) is 6.99. The van der Waals surface area contributed by atoms with Gasteiger partial charge < -0.3 is 10.2 Å². The van der Waals surface area contributed by atoms with Gasteiger partial charge in [0.05, 0.1) is 57.9 Å². The minimum Gasteiger partial charge on any atom is -0.347 e. The molecule has 7 nitrogen and oxygen atoms in total. The zero-order valence-corrected chi connectivity index (χ0v) is 18.8. The molecule has 1 amide bonds. The monoisotopic (exact) mass is 436 g/mol. The zero-order chi connectivity index (χ0) is 22.8. The van der Waals surface area contributed by atoms with Crippen molar-refractivity contribution < 1.29 is 4.79 Å². The molecule has 31 heavy (non-hydrogen) atoms. The molecule has 0 aliphatic carbocycles. The van der Waals surface area contributed by atoms with E-state index in [2.05, 4.69) is 27.5 Å². The third-order valence-corrected chi connectivity index (χ3v) is 6.22. The van der Waals surface area contributed by atoms with Gasteiger partial charge in [0.15, 0.2) is 6.19 Å². The molecule has 0 bridgehead atoms. The number of carbonyl (C=O) groups is 1. The summed E-state index contributed by atoms with van der Waals surface area (Å²) in [5.41, 5.74) is 1.45. The fraction of sp³-hybridized carbons (Fsp3) is 0.435. The average Bonchev–Trinajstić information content (AvgIpc) is 3.07. The highest BCUT2D eigenvalue weighted by molar-refractivity contribution is 6.34. The van der Waals surface area contributed by atoms with Crippen molar-refractivity contribution in [3.05, 3.63) is 46.9 Å². The lowest BCUT2D eigenvalue weighted by Gasteiger charge is -2.22. The van der Waals surface area contributed by atoms with Gasteiger partial charge in [-0.05, 0) is 45.7 Å². The Hall–Kier alpha value is -3.16. The number of halogens is 1. The molecule has 1 fully saturated rings. The Bertz CT molecular complexity index is 1070. The Morgan fingerprint density at radius 3 is 2.68 bits per heavy atom. The van der Waals surface area contributed by atoms with E-state index < -0.39 is 5.41 Å². The van der Waals surface area contributed by atoms with Crippen molar-refractivity contribution in [2.75, 3.05) is 0 Å². The van der Waals surface area contributed by atoms with E-state index in [1.807, 2.05) is 13.8 Å². The number of likely N-dealkylation sites (tertiary alicyclic amines) is 1. The Kier molecular flexibility index (Phi) is 6.48. The summed E-state index contributed by atoms with van der Waals surface area (Å²) in [6.45, 7) is 7.55. The van der Waals surface area contributed by atoms with Crippen molar-refractivity contribution in [2.45, 2.75) is 64.1 Å². The molecular formula is C23H25ClN6O. The maximum absolute atomic E-state index is 12.9. The van der Waals surface area contributed by atoms with Crippen LogP contribution in [-0.2, 0) is 5.41 Å². The van der Waals surface area contributed by atoms with Crippen molar-refractivity contribution in [1.29, 1.82) is 10.5 Å². The molecule has 0 unspecified atom stereocenters. The van der Waals surface area contributed by atoms with E-state index in [1.165, 1.54) is 0 Å². The first-order chi connectivity index (χ1) is 14.7. The van der Waals surface area contributed by atoms with Gasteiger partial charge in [-0.15, -0.1) is 0 Å². The van der Waals surface area contributed by atoms with E-state index in [0.29, 0.717) is 27.5 Å². The summed E-state index contributed by atoms with van der Waals surface area (Å²) < 4.78 is 0. The molecule has 1 aliphatic heterocycles. The molecule has 1 N–H and O–H groups in total. The second-order valence-corrected chi connectivity index (χ2v) is 8.75. The van der Waals surface area contributed by atoms with Crippen molar-refractivity contribution in [3.8, 4) is 23.5 Å². The minimum atomic E-state index is -0.766. The Morgan fingerprint density at radius 1 is 1.35 bits per heavy atom. The van der Waals surface area contributed by atoms with E-state index in [-0.39, 0.29) is 24.0 Å². The molecular weight excluding hydrogens is 412 g/mol. The number of hydrogen-bond donors (Lipinski definition) is 1. The van der Waals surface area contributed by atoms with E-state index >= 15 is 0 Å². The summed E-state index contributed by atoms with van der Waals surface area (Å²) in [4.78, 5) is 23.4. The van der Waals surface area contributed by atoms with Crippen molar-refractivity contribution in [3.63, 3.8) is 0 Å². The highest BCUT2D eigenvalue weighted by Gasteiger charge is 2.38. The predicted octanol–water partition coefficient (Wildman–Crippen LogP) is 4.05. The highest BCUT2D eigenvalue weighted by Crippen LogP contribution is 2.29. The van der Waals surface area contributed by atoms with Gasteiger partial charge in [-0.25, -0.2) is 4.98 Å². The molecule has 2 heterocycles. The molecule has 3 atom stereocenters. The largest absolute Gasteiger partial charge is 0.347 e. The van der Waals surface area contributed by atoms with Crippen molar-refractivity contribution in [1.82, 2.24) is 20.2 Å². The van der Waals surface area contributed by atoms with Gasteiger partial charge in [-0.2, -0.15) is 10.5 Å². The van der Waals surface area contributed by atoms with Crippen LogP contribution in [0.15, 0.2) is 30.6 Å². The molecule has 8 heteroatoms. The third-order valence-electron chi connectivity index (χ3n) is 5.91. The first-order valence-corrected chi connectivity index (χ1v) is 10.6. The Labute approximate surface area is 187 Å². The number of nitrogens with zero attached hydrogens (tertiary/aromatic N) is 5. The molecule has 0 saturated carbocycles. The van der Waals surface area contributed by atoms with Gasteiger partial charge in [-0.3, -0.25) is 9.78 Å². The van der Waals surface area contributed by atoms with Crippen molar-refractivity contribution in [2.24, 2.45) is 0 Å². The lowest BCUT2D eigenvalue weighted by Crippen LogP contribution is -2.42. The molecule has 2 aromatic rings. The first kappa shape index (κ1) is 22.5. The highest BCUT2D eigenvalue weighted by atomic mass is 35.5. The second-order valence-electron chi connectivity index (χ2n) is 8.35. The van der Waals surface area contributed by atoms with Crippen LogP contribution in [0.3, 0.4) is 0 Å².